The van der Waals surface area contributed by atoms with Gasteiger partial charge in [0.15, 0.2) is 0 Å². The first-order chi connectivity index (χ1) is 6.81. The second-order valence-electron chi connectivity index (χ2n) is 3.24. The molecule has 0 unspecified atom stereocenters. The molecule has 4 nitrogen and oxygen atoms in total. The molecule has 1 aliphatic heterocycles. The first-order valence-corrected chi connectivity index (χ1v) is 4.58. The molecule has 1 amide bonds. The number of carbonyl (C=O) groups excluding carboxylic acids is 1. The molecule has 0 radical (unpaired) electrons. The molecule has 74 valence electrons. The quantitative estimate of drug-likeness (QED) is 0.649. The number of hydrogen-bond donors (Lipinski definition) is 3. The van der Waals surface area contributed by atoms with E-state index in [4.69, 9.17) is 5.11 Å². The molecule has 1 aromatic rings. The number of aliphatic hydroxyl groups is 1. The second-order valence-corrected chi connectivity index (χ2v) is 3.24. The molecule has 3 N–H and O–H groups in total. The lowest BCUT2D eigenvalue weighted by molar-refractivity contribution is -0.117. The monoisotopic (exact) mass is 192 g/mol. The maximum atomic E-state index is 11.5. The van der Waals surface area contributed by atoms with Crippen molar-refractivity contribution in [2.24, 2.45) is 0 Å². The molecule has 0 saturated carbocycles. The van der Waals surface area contributed by atoms with Crippen LogP contribution in [0.25, 0.3) is 0 Å². The molecule has 1 heterocycles. The van der Waals surface area contributed by atoms with E-state index in [0.29, 0.717) is 6.42 Å². The first kappa shape index (κ1) is 9.02. The third-order valence-electron chi connectivity index (χ3n) is 2.25. The first-order valence-electron chi connectivity index (χ1n) is 4.58. The summed E-state index contributed by atoms with van der Waals surface area (Å²) in [7, 11) is 0. The minimum atomic E-state index is -0.324. The SMILES string of the molecule is O=C1Nc2ccccc2N[C@H]1CCO. The van der Waals surface area contributed by atoms with E-state index in [9.17, 15) is 4.79 Å². The van der Waals surface area contributed by atoms with Crippen molar-refractivity contribution in [1.29, 1.82) is 0 Å². The Morgan fingerprint density at radius 2 is 2.00 bits per heavy atom. The van der Waals surface area contributed by atoms with Crippen LogP contribution in [0.5, 0.6) is 0 Å². The molecule has 0 spiro atoms. The van der Waals surface area contributed by atoms with E-state index < -0.39 is 0 Å². The predicted molar refractivity (Wildman–Crippen MR) is 54.2 cm³/mol. The third-order valence-corrected chi connectivity index (χ3v) is 2.25. The van der Waals surface area contributed by atoms with Crippen molar-refractivity contribution in [3.8, 4) is 0 Å². The Balaban J connectivity index is 2.22. The van der Waals surface area contributed by atoms with Crippen LogP contribution in [0.15, 0.2) is 24.3 Å². The van der Waals surface area contributed by atoms with Gasteiger partial charge in [0.25, 0.3) is 0 Å². The topological polar surface area (TPSA) is 61.4 Å². The Hall–Kier alpha value is -1.55. The number of anilines is 2. The van der Waals surface area contributed by atoms with Crippen LogP contribution in [0.4, 0.5) is 11.4 Å². The van der Waals surface area contributed by atoms with Gasteiger partial charge in [-0.3, -0.25) is 4.79 Å². The van der Waals surface area contributed by atoms with E-state index in [1.165, 1.54) is 0 Å². The Morgan fingerprint density at radius 1 is 1.29 bits per heavy atom. The molecule has 0 saturated heterocycles. The Labute approximate surface area is 81.9 Å². The van der Waals surface area contributed by atoms with Gasteiger partial charge in [-0.15, -0.1) is 0 Å². The summed E-state index contributed by atoms with van der Waals surface area (Å²) in [4.78, 5) is 11.5. The molecule has 2 rings (SSSR count). The largest absolute Gasteiger partial charge is 0.396 e. The molecule has 14 heavy (non-hydrogen) atoms. The van der Waals surface area contributed by atoms with Crippen molar-refractivity contribution in [1.82, 2.24) is 0 Å². The van der Waals surface area contributed by atoms with Gasteiger partial charge in [0.2, 0.25) is 5.91 Å². The van der Waals surface area contributed by atoms with Gasteiger partial charge in [0.05, 0.1) is 11.4 Å². The highest BCUT2D eigenvalue weighted by molar-refractivity contribution is 6.02. The highest BCUT2D eigenvalue weighted by atomic mass is 16.3. The highest BCUT2D eigenvalue weighted by Gasteiger charge is 2.23. The summed E-state index contributed by atoms with van der Waals surface area (Å²) in [6.07, 6.45) is 0.431. The van der Waals surface area contributed by atoms with Crippen LogP contribution >= 0.6 is 0 Å². The summed E-state index contributed by atoms with van der Waals surface area (Å²) in [6.45, 7) is 0.00720. The minimum absolute atomic E-state index is 0.00720. The maximum Gasteiger partial charge on any atom is 0.247 e. The average molecular weight is 192 g/mol. The summed E-state index contributed by atoms with van der Waals surface area (Å²) in [5.74, 6) is -0.0854. The molecule has 1 aliphatic rings. The minimum Gasteiger partial charge on any atom is -0.396 e. The van der Waals surface area contributed by atoms with E-state index in [1.807, 2.05) is 24.3 Å². The average Bonchev–Trinajstić information content (AvgIpc) is 2.19. The normalized spacial score (nSPS) is 19.5. The third kappa shape index (κ3) is 1.56. The van der Waals surface area contributed by atoms with Crippen LogP contribution in [-0.2, 0) is 4.79 Å². The van der Waals surface area contributed by atoms with Crippen LogP contribution < -0.4 is 10.6 Å². The lowest BCUT2D eigenvalue weighted by Gasteiger charge is -2.26. The summed E-state index contributed by atoms with van der Waals surface area (Å²) in [5.41, 5.74) is 1.71. The molecule has 1 aromatic carbocycles. The summed E-state index contributed by atoms with van der Waals surface area (Å²) in [6, 6.07) is 7.19. The standard InChI is InChI=1S/C10H12N2O2/c13-6-5-9-10(14)12-8-4-2-1-3-7(8)11-9/h1-4,9,11,13H,5-6H2,(H,12,14)/t9-/m0/s1. The zero-order valence-electron chi connectivity index (χ0n) is 7.66. The van der Waals surface area contributed by atoms with Crippen molar-refractivity contribution in [2.45, 2.75) is 12.5 Å². The van der Waals surface area contributed by atoms with Crippen LogP contribution in [-0.4, -0.2) is 23.7 Å². The van der Waals surface area contributed by atoms with Gasteiger partial charge in [-0.05, 0) is 18.6 Å². The predicted octanol–water partition coefficient (Wildman–Crippen LogP) is 0.802. The van der Waals surface area contributed by atoms with Gasteiger partial charge in [0, 0.05) is 6.61 Å². The van der Waals surface area contributed by atoms with E-state index in [-0.39, 0.29) is 18.6 Å². The van der Waals surface area contributed by atoms with Gasteiger partial charge in [-0.1, -0.05) is 12.1 Å². The fourth-order valence-electron chi connectivity index (χ4n) is 1.52. The Morgan fingerprint density at radius 3 is 2.71 bits per heavy atom. The number of hydrogen-bond acceptors (Lipinski definition) is 3. The zero-order valence-corrected chi connectivity index (χ0v) is 7.66. The lowest BCUT2D eigenvalue weighted by Crippen LogP contribution is -2.39. The van der Waals surface area contributed by atoms with Crippen LogP contribution in [0.1, 0.15) is 6.42 Å². The number of carbonyl (C=O) groups is 1. The van der Waals surface area contributed by atoms with E-state index >= 15 is 0 Å². The van der Waals surface area contributed by atoms with Gasteiger partial charge in [-0.2, -0.15) is 0 Å². The Kier molecular flexibility index (Phi) is 2.37. The van der Waals surface area contributed by atoms with Crippen molar-refractivity contribution < 1.29 is 9.90 Å². The summed E-state index contributed by atoms with van der Waals surface area (Å²) in [5, 5.41) is 14.6. The number of benzene rings is 1. The number of fused-ring (bicyclic) bond motifs is 1. The molecule has 4 heteroatoms. The number of amides is 1. The van der Waals surface area contributed by atoms with E-state index in [1.54, 1.807) is 0 Å². The number of aliphatic hydroxyl groups excluding tert-OH is 1. The molecule has 0 bridgehead atoms. The van der Waals surface area contributed by atoms with E-state index in [2.05, 4.69) is 10.6 Å². The zero-order chi connectivity index (χ0) is 9.97. The number of para-hydroxylation sites is 2. The maximum absolute atomic E-state index is 11.5. The van der Waals surface area contributed by atoms with Gasteiger partial charge >= 0.3 is 0 Å². The van der Waals surface area contributed by atoms with Crippen molar-refractivity contribution >= 4 is 17.3 Å². The fraction of sp³-hybridized carbons (Fsp3) is 0.300. The van der Waals surface area contributed by atoms with Gasteiger partial charge < -0.3 is 15.7 Å². The molecular formula is C10H12N2O2. The van der Waals surface area contributed by atoms with Crippen molar-refractivity contribution in [2.75, 3.05) is 17.2 Å². The van der Waals surface area contributed by atoms with Crippen LogP contribution in [0.3, 0.4) is 0 Å². The molecule has 0 aromatic heterocycles. The Bertz CT molecular complexity index is 352. The van der Waals surface area contributed by atoms with Gasteiger partial charge in [-0.25, -0.2) is 0 Å². The second kappa shape index (κ2) is 3.67. The highest BCUT2D eigenvalue weighted by Crippen LogP contribution is 2.26. The molecule has 0 fully saturated rings. The summed E-state index contributed by atoms with van der Waals surface area (Å²) < 4.78 is 0. The summed E-state index contributed by atoms with van der Waals surface area (Å²) >= 11 is 0. The molecule has 1 atom stereocenters. The lowest BCUT2D eigenvalue weighted by atomic mass is 10.1. The molecular weight excluding hydrogens is 180 g/mol. The number of nitrogens with one attached hydrogen (secondary N) is 2. The van der Waals surface area contributed by atoms with Gasteiger partial charge in [0.1, 0.15) is 6.04 Å². The van der Waals surface area contributed by atoms with Crippen molar-refractivity contribution in [3.63, 3.8) is 0 Å². The smallest absolute Gasteiger partial charge is 0.247 e. The van der Waals surface area contributed by atoms with Crippen molar-refractivity contribution in [3.05, 3.63) is 24.3 Å². The van der Waals surface area contributed by atoms with Crippen LogP contribution in [0.2, 0.25) is 0 Å². The number of rotatable bonds is 2. The molecule has 0 aliphatic carbocycles. The van der Waals surface area contributed by atoms with E-state index in [0.717, 1.165) is 11.4 Å². The van der Waals surface area contributed by atoms with Crippen LogP contribution in [0, 0.1) is 0 Å². The fourth-order valence-corrected chi connectivity index (χ4v) is 1.52.